The van der Waals surface area contributed by atoms with Gasteiger partial charge in [-0.05, 0) is 12.8 Å². The third kappa shape index (κ3) is 18.2. The van der Waals surface area contributed by atoms with Gasteiger partial charge in [0.2, 0.25) is 0 Å². The summed E-state index contributed by atoms with van der Waals surface area (Å²) in [6.07, 6.45) is 2.22. The fourth-order valence-corrected chi connectivity index (χ4v) is 2.15. The second-order valence-electron chi connectivity index (χ2n) is 2.04. The lowest BCUT2D eigenvalue weighted by atomic mass is 10.4. The predicted molar refractivity (Wildman–Crippen MR) is 74.9 cm³/mol. The van der Waals surface area contributed by atoms with Crippen molar-refractivity contribution in [3.63, 3.8) is 0 Å². The van der Waals surface area contributed by atoms with Gasteiger partial charge >= 0.3 is 0 Å². The molecule has 0 saturated carbocycles. The van der Waals surface area contributed by atoms with Crippen molar-refractivity contribution in [3.05, 3.63) is 0 Å². The van der Waals surface area contributed by atoms with Gasteiger partial charge in [0, 0.05) is 11.5 Å². The van der Waals surface area contributed by atoms with E-state index in [1.165, 1.54) is 23.5 Å². The summed E-state index contributed by atoms with van der Waals surface area (Å²) in [6, 6.07) is 0. The molecule has 0 atom stereocenters. The van der Waals surface area contributed by atoms with Crippen molar-refractivity contribution >= 4 is 56.6 Å². The molecule has 0 heterocycles. The van der Waals surface area contributed by atoms with Crippen LogP contribution in [0.15, 0.2) is 0 Å². The minimum atomic E-state index is 0. The lowest BCUT2D eigenvalue weighted by molar-refractivity contribution is 0.823. The molecular formula is C6H16N2O2S4. The van der Waals surface area contributed by atoms with Crippen LogP contribution < -0.4 is 11.5 Å². The summed E-state index contributed by atoms with van der Waals surface area (Å²) in [5.74, 6) is 1.99. The first-order chi connectivity index (χ1) is 5.63. The Morgan fingerprint density at radius 3 is 1.36 bits per heavy atom. The molecule has 0 bridgehead atoms. The molecule has 14 heavy (non-hydrogen) atoms. The highest BCUT2D eigenvalue weighted by molar-refractivity contribution is 8.23. The van der Waals surface area contributed by atoms with Crippen molar-refractivity contribution in [2.24, 2.45) is 11.5 Å². The maximum Gasteiger partial charge on any atom is 0.131 e. The molecule has 0 rings (SSSR count). The number of hydrogen-bond donors (Lipinski definition) is 2. The number of nitrogens with two attached hydrogens (primary N) is 2. The van der Waals surface area contributed by atoms with E-state index in [-0.39, 0.29) is 11.0 Å². The molecule has 86 valence electrons. The van der Waals surface area contributed by atoms with Crippen LogP contribution in [0.2, 0.25) is 0 Å². The van der Waals surface area contributed by atoms with Crippen LogP contribution in [0.1, 0.15) is 12.8 Å². The molecule has 0 aromatic carbocycles. The first kappa shape index (κ1) is 19.9. The van der Waals surface area contributed by atoms with Crippen molar-refractivity contribution in [2.75, 3.05) is 11.5 Å². The van der Waals surface area contributed by atoms with E-state index in [0.717, 1.165) is 24.3 Å². The van der Waals surface area contributed by atoms with Crippen LogP contribution in [0.4, 0.5) is 0 Å². The van der Waals surface area contributed by atoms with Gasteiger partial charge in [-0.25, -0.2) is 0 Å². The van der Waals surface area contributed by atoms with Gasteiger partial charge in [0.25, 0.3) is 0 Å². The van der Waals surface area contributed by atoms with Gasteiger partial charge in [0.1, 0.15) is 8.64 Å². The summed E-state index contributed by atoms with van der Waals surface area (Å²) < 4.78 is 1.05. The van der Waals surface area contributed by atoms with E-state index in [9.17, 15) is 0 Å². The molecule has 0 aliphatic rings. The lowest BCUT2D eigenvalue weighted by Crippen LogP contribution is -2.04. The second kappa shape index (κ2) is 13.4. The van der Waals surface area contributed by atoms with Crippen molar-refractivity contribution in [2.45, 2.75) is 12.8 Å². The number of rotatable bonds is 5. The Morgan fingerprint density at radius 1 is 0.857 bits per heavy atom. The third-order valence-electron chi connectivity index (χ3n) is 1.03. The average molecular weight is 276 g/mol. The molecule has 0 aliphatic carbocycles. The molecule has 0 fully saturated rings. The molecule has 0 aromatic rings. The molecule has 4 nitrogen and oxygen atoms in total. The van der Waals surface area contributed by atoms with Crippen molar-refractivity contribution in [1.29, 1.82) is 0 Å². The Balaban J connectivity index is -0.000000605. The van der Waals surface area contributed by atoms with Gasteiger partial charge in [0.15, 0.2) is 0 Å². The van der Waals surface area contributed by atoms with E-state index in [0.29, 0.717) is 8.64 Å². The van der Waals surface area contributed by atoms with Gasteiger partial charge in [-0.15, -0.1) is 0 Å². The quantitative estimate of drug-likeness (QED) is 0.542. The topological polar surface area (TPSA) is 115 Å². The van der Waals surface area contributed by atoms with Crippen LogP contribution in [-0.4, -0.2) is 31.1 Å². The highest BCUT2D eigenvalue weighted by atomic mass is 32.2. The van der Waals surface area contributed by atoms with Gasteiger partial charge in [0.05, 0.1) is 0 Å². The van der Waals surface area contributed by atoms with Crippen molar-refractivity contribution in [1.82, 2.24) is 0 Å². The molecule has 0 amide bonds. The van der Waals surface area contributed by atoms with Crippen molar-refractivity contribution < 1.29 is 11.0 Å². The summed E-state index contributed by atoms with van der Waals surface area (Å²) >= 11 is 12.5. The number of thiocarbonyl (C=S) groups is 2. The largest absolute Gasteiger partial charge is 0.412 e. The molecule has 0 spiro atoms. The lowest BCUT2D eigenvalue weighted by Gasteiger charge is -1.99. The Hall–Kier alpha value is 0.400. The Morgan fingerprint density at radius 2 is 1.14 bits per heavy atom. The number of hydrogen-bond acceptors (Lipinski definition) is 4. The summed E-state index contributed by atoms with van der Waals surface area (Å²) in [4.78, 5) is 0. The molecule has 0 aliphatic heterocycles. The van der Waals surface area contributed by atoms with Crippen LogP contribution in [-0.2, 0) is 0 Å². The predicted octanol–water partition coefficient (Wildman–Crippen LogP) is 0.0708. The molecular weight excluding hydrogens is 260 g/mol. The summed E-state index contributed by atoms with van der Waals surface area (Å²) in [5, 5.41) is 0. The second-order valence-corrected chi connectivity index (χ2v) is 5.71. The summed E-state index contributed by atoms with van der Waals surface area (Å²) in [5.41, 5.74) is 10.6. The van der Waals surface area contributed by atoms with Crippen LogP contribution >= 0.6 is 48.0 Å². The van der Waals surface area contributed by atoms with Gasteiger partial charge in [-0.1, -0.05) is 48.0 Å². The zero-order valence-electron chi connectivity index (χ0n) is 7.62. The minimum absolute atomic E-state index is 0. The Kier molecular flexibility index (Phi) is 19.0. The summed E-state index contributed by atoms with van der Waals surface area (Å²) in [6.45, 7) is 0. The highest BCUT2D eigenvalue weighted by Crippen LogP contribution is 2.08. The normalized spacial score (nSPS) is 8.29. The first-order valence-corrected chi connectivity index (χ1v) is 6.26. The standard InChI is InChI=1S/C6H12N2S4.2H2O/c7-5(9)11-3-1-2-4-12-6(8)10;;/h1-4H2,(H2,7,9)(H2,8,10);2*1H2. The zero-order valence-corrected chi connectivity index (χ0v) is 10.9. The van der Waals surface area contributed by atoms with Crippen LogP contribution in [0, 0.1) is 0 Å². The Bertz CT molecular complexity index is 150. The molecule has 8 N–H and O–H groups in total. The molecule has 0 aromatic heterocycles. The molecule has 0 unspecified atom stereocenters. The van der Waals surface area contributed by atoms with E-state index in [4.69, 9.17) is 35.9 Å². The van der Waals surface area contributed by atoms with Gasteiger partial charge in [-0.2, -0.15) is 0 Å². The van der Waals surface area contributed by atoms with Crippen LogP contribution in [0.25, 0.3) is 0 Å². The van der Waals surface area contributed by atoms with Crippen LogP contribution in [0.5, 0.6) is 0 Å². The van der Waals surface area contributed by atoms with E-state index in [1.807, 2.05) is 0 Å². The third-order valence-corrected chi connectivity index (χ3v) is 3.29. The number of thioether (sulfide) groups is 2. The molecule has 0 radical (unpaired) electrons. The fourth-order valence-electron chi connectivity index (χ4n) is 0.550. The fraction of sp³-hybridized carbons (Fsp3) is 0.667. The SMILES string of the molecule is NC(=S)SCCCCSC(N)=S.O.O. The van der Waals surface area contributed by atoms with Crippen molar-refractivity contribution in [3.8, 4) is 0 Å². The number of unbranched alkanes of at least 4 members (excludes halogenated alkanes) is 1. The summed E-state index contributed by atoms with van der Waals surface area (Å²) in [7, 11) is 0. The maximum absolute atomic E-state index is 5.30. The average Bonchev–Trinajstić information content (AvgIpc) is 1.95. The van der Waals surface area contributed by atoms with E-state index < -0.39 is 0 Å². The van der Waals surface area contributed by atoms with Gasteiger partial charge in [-0.3, -0.25) is 0 Å². The first-order valence-electron chi connectivity index (χ1n) is 3.47. The molecule has 0 saturated heterocycles. The minimum Gasteiger partial charge on any atom is -0.412 e. The van der Waals surface area contributed by atoms with Gasteiger partial charge < -0.3 is 22.4 Å². The van der Waals surface area contributed by atoms with E-state index in [2.05, 4.69) is 0 Å². The zero-order chi connectivity index (χ0) is 9.40. The van der Waals surface area contributed by atoms with E-state index >= 15 is 0 Å². The van der Waals surface area contributed by atoms with Crippen LogP contribution in [0.3, 0.4) is 0 Å². The van der Waals surface area contributed by atoms with E-state index in [1.54, 1.807) is 0 Å². The highest BCUT2D eigenvalue weighted by Gasteiger charge is 1.93. The smallest absolute Gasteiger partial charge is 0.131 e. The Labute approximate surface area is 103 Å². The maximum atomic E-state index is 5.30. The molecule has 8 heteroatoms. The monoisotopic (exact) mass is 276 g/mol.